The minimum atomic E-state index is -0.794. The van der Waals surface area contributed by atoms with Gasteiger partial charge < -0.3 is 15.2 Å². The molecule has 0 radical (unpaired) electrons. The molecule has 5 nitrogen and oxygen atoms in total. The van der Waals surface area contributed by atoms with E-state index in [1.165, 1.54) is 0 Å². The van der Waals surface area contributed by atoms with Gasteiger partial charge in [-0.3, -0.25) is 9.59 Å². The summed E-state index contributed by atoms with van der Waals surface area (Å²) in [6.07, 6.45) is 7.18. The summed E-state index contributed by atoms with van der Waals surface area (Å²) in [7, 11) is 0. The summed E-state index contributed by atoms with van der Waals surface area (Å²) < 4.78 is 5.36. The zero-order valence-corrected chi connectivity index (χ0v) is 13.2. The van der Waals surface area contributed by atoms with Gasteiger partial charge in [0.05, 0.1) is 6.42 Å². The van der Waals surface area contributed by atoms with E-state index < -0.39 is 5.97 Å². The lowest BCUT2D eigenvalue weighted by Gasteiger charge is -2.35. The number of hydrogen-bond acceptors (Lipinski definition) is 3. The van der Waals surface area contributed by atoms with Gasteiger partial charge in [-0.15, -0.1) is 0 Å². The van der Waals surface area contributed by atoms with Crippen molar-refractivity contribution in [1.29, 1.82) is 0 Å². The normalized spacial score (nSPS) is 17.4. The van der Waals surface area contributed by atoms with Crippen molar-refractivity contribution in [2.75, 3.05) is 19.8 Å². The predicted molar refractivity (Wildman–Crippen MR) is 81.1 cm³/mol. The summed E-state index contributed by atoms with van der Waals surface area (Å²) in [5.41, 5.74) is -0.327. The van der Waals surface area contributed by atoms with E-state index in [-0.39, 0.29) is 17.7 Å². The molecule has 0 aromatic carbocycles. The van der Waals surface area contributed by atoms with Crippen molar-refractivity contribution in [2.24, 2.45) is 5.41 Å². The molecule has 122 valence electrons. The molecule has 0 aliphatic heterocycles. The Morgan fingerprint density at radius 1 is 1.14 bits per heavy atom. The molecular formula is C16H29NO4. The molecule has 1 rings (SSSR count). The maximum atomic E-state index is 12.0. The third-order valence-corrected chi connectivity index (χ3v) is 4.11. The van der Waals surface area contributed by atoms with Gasteiger partial charge in [0.1, 0.15) is 0 Å². The summed E-state index contributed by atoms with van der Waals surface area (Å²) in [4.78, 5) is 23.1. The zero-order valence-electron chi connectivity index (χ0n) is 13.2. The van der Waals surface area contributed by atoms with E-state index in [0.717, 1.165) is 51.6 Å². The molecule has 2 N–H and O–H groups in total. The Morgan fingerprint density at radius 3 is 2.48 bits per heavy atom. The standard InChI is InChI=1S/C16H29NO4/c1-2-10-21-11-6-9-17-14(18)12-16(13-15(19)20)7-4-3-5-8-16/h2-13H2,1H3,(H,17,18)(H,19,20). The summed E-state index contributed by atoms with van der Waals surface area (Å²) in [5.74, 6) is -0.814. The zero-order chi connectivity index (χ0) is 15.6. The fourth-order valence-corrected chi connectivity index (χ4v) is 3.09. The van der Waals surface area contributed by atoms with E-state index in [9.17, 15) is 9.59 Å². The Kier molecular flexibility index (Phi) is 8.35. The van der Waals surface area contributed by atoms with Gasteiger partial charge in [0.15, 0.2) is 0 Å². The molecule has 0 atom stereocenters. The van der Waals surface area contributed by atoms with Crippen molar-refractivity contribution in [3.63, 3.8) is 0 Å². The Balaban J connectivity index is 2.30. The maximum Gasteiger partial charge on any atom is 0.303 e. The van der Waals surface area contributed by atoms with Crippen molar-refractivity contribution in [2.45, 2.75) is 64.7 Å². The van der Waals surface area contributed by atoms with Crippen molar-refractivity contribution in [3.05, 3.63) is 0 Å². The van der Waals surface area contributed by atoms with E-state index >= 15 is 0 Å². The first-order chi connectivity index (χ1) is 10.1. The Bertz CT molecular complexity index is 324. The number of carbonyl (C=O) groups is 2. The summed E-state index contributed by atoms with van der Waals surface area (Å²) in [6, 6.07) is 0. The van der Waals surface area contributed by atoms with Gasteiger partial charge in [0.2, 0.25) is 5.91 Å². The number of carbonyl (C=O) groups excluding carboxylic acids is 1. The van der Waals surface area contributed by atoms with E-state index in [1.807, 2.05) is 0 Å². The quantitative estimate of drug-likeness (QED) is 0.608. The van der Waals surface area contributed by atoms with E-state index in [2.05, 4.69) is 12.2 Å². The van der Waals surface area contributed by atoms with Crippen LogP contribution in [0.15, 0.2) is 0 Å². The molecular weight excluding hydrogens is 270 g/mol. The minimum Gasteiger partial charge on any atom is -0.481 e. The van der Waals surface area contributed by atoms with Crippen molar-refractivity contribution >= 4 is 11.9 Å². The second-order valence-corrected chi connectivity index (χ2v) is 6.12. The molecule has 21 heavy (non-hydrogen) atoms. The average molecular weight is 299 g/mol. The lowest BCUT2D eigenvalue weighted by Crippen LogP contribution is -2.35. The van der Waals surface area contributed by atoms with Crippen LogP contribution in [0.4, 0.5) is 0 Å². The second kappa shape index (κ2) is 9.77. The van der Waals surface area contributed by atoms with Gasteiger partial charge in [0.25, 0.3) is 0 Å². The van der Waals surface area contributed by atoms with Gasteiger partial charge in [-0.1, -0.05) is 26.2 Å². The van der Waals surface area contributed by atoms with E-state index in [1.54, 1.807) is 0 Å². The molecule has 1 saturated carbocycles. The molecule has 1 aliphatic carbocycles. The SMILES string of the molecule is CCCOCCCNC(=O)CC1(CC(=O)O)CCCCC1. The maximum absolute atomic E-state index is 12.0. The molecule has 0 unspecified atom stereocenters. The van der Waals surface area contributed by atoms with Crippen LogP contribution in [0, 0.1) is 5.41 Å². The Hall–Kier alpha value is -1.10. The molecule has 5 heteroatoms. The van der Waals surface area contributed by atoms with Crippen LogP contribution in [0.3, 0.4) is 0 Å². The fourth-order valence-electron chi connectivity index (χ4n) is 3.09. The van der Waals surface area contributed by atoms with Gasteiger partial charge in [0, 0.05) is 26.2 Å². The first-order valence-electron chi connectivity index (χ1n) is 8.14. The van der Waals surface area contributed by atoms with Crippen molar-refractivity contribution in [1.82, 2.24) is 5.32 Å². The number of rotatable bonds is 10. The molecule has 0 bridgehead atoms. The highest BCUT2D eigenvalue weighted by Crippen LogP contribution is 2.42. The third kappa shape index (κ3) is 7.46. The van der Waals surface area contributed by atoms with Gasteiger partial charge in [-0.2, -0.15) is 0 Å². The highest BCUT2D eigenvalue weighted by atomic mass is 16.5. The lowest BCUT2D eigenvalue weighted by molar-refractivity contribution is -0.141. The van der Waals surface area contributed by atoms with Crippen LogP contribution in [0.2, 0.25) is 0 Å². The monoisotopic (exact) mass is 299 g/mol. The molecule has 0 aromatic heterocycles. The minimum absolute atomic E-state index is 0.0198. The Morgan fingerprint density at radius 2 is 1.86 bits per heavy atom. The first kappa shape index (κ1) is 18.0. The van der Waals surface area contributed by atoms with Crippen molar-refractivity contribution < 1.29 is 19.4 Å². The van der Waals surface area contributed by atoms with Gasteiger partial charge >= 0.3 is 5.97 Å². The molecule has 1 aliphatic rings. The van der Waals surface area contributed by atoms with E-state index in [0.29, 0.717) is 19.6 Å². The van der Waals surface area contributed by atoms with Gasteiger partial charge in [-0.05, 0) is 31.1 Å². The number of aliphatic carboxylic acids is 1. The predicted octanol–water partition coefficient (Wildman–Crippen LogP) is 2.73. The van der Waals surface area contributed by atoms with Crippen LogP contribution in [0.25, 0.3) is 0 Å². The van der Waals surface area contributed by atoms with Crippen LogP contribution in [0.1, 0.15) is 64.7 Å². The third-order valence-electron chi connectivity index (χ3n) is 4.11. The first-order valence-corrected chi connectivity index (χ1v) is 8.14. The summed E-state index contributed by atoms with van der Waals surface area (Å²) in [5, 5.41) is 12.0. The molecule has 0 spiro atoms. The number of nitrogens with one attached hydrogen (secondary N) is 1. The van der Waals surface area contributed by atoms with Crippen LogP contribution in [-0.2, 0) is 14.3 Å². The van der Waals surface area contributed by atoms with Crippen LogP contribution in [-0.4, -0.2) is 36.7 Å². The molecule has 0 aromatic rings. The lowest BCUT2D eigenvalue weighted by atomic mass is 9.69. The number of amides is 1. The smallest absolute Gasteiger partial charge is 0.303 e. The highest BCUT2D eigenvalue weighted by Gasteiger charge is 2.36. The summed E-state index contributed by atoms with van der Waals surface area (Å²) in [6.45, 7) is 4.09. The number of carboxylic acids is 1. The number of carboxylic acid groups (broad SMARTS) is 1. The highest BCUT2D eigenvalue weighted by molar-refractivity contribution is 5.78. The number of ether oxygens (including phenoxy) is 1. The fraction of sp³-hybridized carbons (Fsp3) is 0.875. The van der Waals surface area contributed by atoms with Crippen LogP contribution >= 0.6 is 0 Å². The van der Waals surface area contributed by atoms with Crippen LogP contribution in [0.5, 0.6) is 0 Å². The molecule has 0 heterocycles. The molecule has 0 saturated heterocycles. The molecule has 1 fully saturated rings. The molecule has 1 amide bonds. The average Bonchev–Trinajstić information content (AvgIpc) is 2.42. The van der Waals surface area contributed by atoms with Crippen LogP contribution < -0.4 is 5.32 Å². The van der Waals surface area contributed by atoms with E-state index in [4.69, 9.17) is 9.84 Å². The second-order valence-electron chi connectivity index (χ2n) is 6.12. The largest absolute Gasteiger partial charge is 0.481 e. The summed E-state index contributed by atoms with van der Waals surface area (Å²) >= 11 is 0. The van der Waals surface area contributed by atoms with Crippen molar-refractivity contribution in [3.8, 4) is 0 Å². The Labute approximate surface area is 127 Å². The van der Waals surface area contributed by atoms with Gasteiger partial charge in [-0.25, -0.2) is 0 Å². The topological polar surface area (TPSA) is 75.6 Å². The number of hydrogen-bond donors (Lipinski definition) is 2.